The predicted octanol–water partition coefficient (Wildman–Crippen LogP) is 9.01. The van der Waals surface area contributed by atoms with E-state index in [1.165, 1.54) is 11.3 Å². The molecule has 0 spiro atoms. The van der Waals surface area contributed by atoms with Gasteiger partial charge in [-0.15, -0.1) is 24.0 Å². The van der Waals surface area contributed by atoms with Crippen molar-refractivity contribution in [2.75, 3.05) is 13.1 Å². The van der Waals surface area contributed by atoms with Gasteiger partial charge in [0.05, 0.1) is 12.1 Å². The number of hydrogen-bond donors (Lipinski definition) is 9. The Hall–Kier alpha value is 0.209. The molecule has 0 bridgehead atoms. The van der Waals surface area contributed by atoms with E-state index in [1.807, 2.05) is 83.1 Å². The van der Waals surface area contributed by atoms with Gasteiger partial charge in [-0.2, -0.15) is 0 Å². The number of nitrogens with two attached hydrogens (primary N) is 3. The number of likely N-dealkylation sites (tertiary alicyclic amines) is 2. The number of nitrogens with zero attached hydrogens (tertiary/aromatic N) is 2. The molecular formula is C55H97I6N10O11V2. The number of carbonyl (C=O) groups excluding carboxylic acids is 9. The van der Waals surface area contributed by atoms with Gasteiger partial charge in [-0.05, 0) is 106 Å². The number of ketones is 2. The third-order valence-electron chi connectivity index (χ3n) is 16.3. The molecular weight excluding hydrogens is 1840 g/mol. The molecule has 0 aromatic rings. The summed E-state index contributed by atoms with van der Waals surface area (Å²) in [6, 6.07) is -5.85. The summed E-state index contributed by atoms with van der Waals surface area (Å²) in [5, 5.41) is 23.7. The monoisotopic (exact) mass is 1940 g/mol. The fourth-order valence-corrected chi connectivity index (χ4v) is 11.4. The van der Waals surface area contributed by atoms with E-state index in [2.05, 4.69) is 154 Å². The number of fused-ring (bicyclic) bond motifs is 2. The molecule has 10 atom stereocenters. The summed E-state index contributed by atoms with van der Waals surface area (Å²) in [4.78, 5) is 126. The molecule has 6 rings (SSSR count). The van der Waals surface area contributed by atoms with Crippen LogP contribution in [0, 0.1) is 57.2 Å². The minimum absolute atomic E-state index is 0. The molecule has 0 aromatic carbocycles. The Balaban J connectivity index is 0.00000127. The normalized spacial score (nSPS) is 23.7. The van der Waals surface area contributed by atoms with E-state index in [-0.39, 0.29) is 88.6 Å². The number of carbonyl (C=O) groups is 10. The van der Waals surface area contributed by atoms with E-state index in [0.717, 1.165) is 32.1 Å². The van der Waals surface area contributed by atoms with E-state index in [9.17, 15) is 53.1 Å². The number of halogens is 6. The van der Waals surface area contributed by atoms with E-state index in [4.69, 9.17) is 17.2 Å². The first-order valence-electron chi connectivity index (χ1n) is 27.6. The van der Waals surface area contributed by atoms with Crippen LogP contribution in [0.3, 0.4) is 0 Å². The van der Waals surface area contributed by atoms with Crippen LogP contribution < -0.4 is 43.8 Å². The SMILES string of the molecule is C.CC(C)(C)NC(=O)N[C@H](C(=O)N1CC2[C@@H]([C@H]1C(=O)NC(CC1CCC1)C(=O)C(N)=O)C2(C)C)C(C)(C)C.CC(C)(C)NC(=O)N[C@H](C(=O)N1CC2[C@@H]([C@H]1C(=O)O)C2(C)C)C(C)(C)C.I.NC(=O)C(=O)C(N)CC1CCC1.[I][V]([I])[I].[I][V][I]. The van der Waals surface area contributed by atoms with Gasteiger partial charge in [-0.25, -0.2) is 14.4 Å². The van der Waals surface area contributed by atoms with Crippen molar-refractivity contribution in [2.45, 2.75) is 217 Å². The second-order valence-electron chi connectivity index (χ2n) is 27.9. The van der Waals surface area contributed by atoms with Crippen molar-refractivity contribution >= 4 is 183 Å². The molecule has 0 aromatic heterocycles. The Bertz CT molecular complexity index is 2320. The number of primary amides is 2. The molecule has 21 nitrogen and oxygen atoms in total. The van der Waals surface area contributed by atoms with Gasteiger partial charge < -0.3 is 58.7 Å². The Morgan fingerprint density at radius 2 is 0.929 bits per heavy atom. The first kappa shape index (κ1) is 84.2. The molecule has 2 aliphatic heterocycles. The van der Waals surface area contributed by atoms with Crippen molar-refractivity contribution in [3.8, 4) is 0 Å². The summed E-state index contributed by atoms with van der Waals surface area (Å²) >= 11 is 12.1. The van der Waals surface area contributed by atoms with Crippen molar-refractivity contribution < 1.29 is 67.4 Å². The number of urea groups is 2. The van der Waals surface area contributed by atoms with Crippen LogP contribution in [-0.2, 0) is 52.7 Å². The molecule has 485 valence electrons. The molecule has 0 radical (unpaired) electrons. The second kappa shape index (κ2) is 34.8. The molecule has 4 saturated carbocycles. The van der Waals surface area contributed by atoms with Crippen molar-refractivity contribution in [1.82, 2.24) is 36.4 Å². The molecule has 6 aliphatic rings. The minimum atomic E-state index is -1.07. The molecule has 29 heteroatoms. The maximum atomic E-state index is 13.9. The number of nitrogens with one attached hydrogen (secondary N) is 5. The van der Waals surface area contributed by atoms with Gasteiger partial charge in [0.25, 0.3) is 11.8 Å². The number of rotatable bonds is 15. The molecule has 2 saturated heterocycles. The second-order valence-corrected chi connectivity index (χ2v) is 75.0. The molecule has 84 heavy (non-hydrogen) atoms. The molecule has 2 heterocycles. The average Bonchev–Trinajstić information content (AvgIpc) is 3.72. The van der Waals surface area contributed by atoms with Crippen molar-refractivity contribution in [3.05, 3.63) is 0 Å². The first-order valence-corrected chi connectivity index (χ1v) is 50.1. The quantitative estimate of drug-likeness (QED) is 0.0548. The first-order chi connectivity index (χ1) is 37.2. The van der Waals surface area contributed by atoms with E-state index in [1.54, 1.807) is 4.90 Å². The number of aliphatic carboxylic acids is 1. The number of carboxylic acid groups (broad SMARTS) is 1. The fourth-order valence-electron chi connectivity index (χ4n) is 11.4. The fraction of sp³-hybridized carbons (Fsp3) is 0.818. The number of amides is 9. The molecule has 4 aliphatic carbocycles. The van der Waals surface area contributed by atoms with Crippen molar-refractivity contribution in [3.63, 3.8) is 0 Å². The summed E-state index contributed by atoms with van der Waals surface area (Å²) in [5.41, 5.74) is 13.3. The Labute approximate surface area is 583 Å². The van der Waals surface area contributed by atoms with Crippen LogP contribution in [0.15, 0.2) is 0 Å². The molecule has 6 fully saturated rings. The van der Waals surface area contributed by atoms with Crippen molar-refractivity contribution in [1.29, 1.82) is 0 Å². The summed E-state index contributed by atoms with van der Waals surface area (Å²) < 4.78 is 0. The van der Waals surface area contributed by atoms with Gasteiger partial charge in [0.2, 0.25) is 29.3 Å². The Kier molecular flexibility index (Phi) is 34.8. The van der Waals surface area contributed by atoms with Crippen LogP contribution in [0.25, 0.3) is 0 Å². The Morgan fingerprint density at radius 1 is 0.607 bits per heavy atom. The molecule has 12 N–H and O–H groups in total. The van der Waals surface area contributed by atoms with Crippen LogP contribution in [-0.4, -0.2) is 134 Å². The third kappa shape index (κ3) is 25.4. The molecule has 9 amide bonds. The summed E-state index contributed by atoms with van der Waals surface area (Å²) in [5.74, 6) is -4.48. The van der Waals surface area contributed by atoms with E-state index < -0.39 is 105 Å². The zero-order valence-electron chi connectivity index (χ0n) is 50.8. The maximum absolute atomic E-state index is 13.9. The standard InChI is InChI=1S/C27H45N5O5.C19H33N3O4.C8H14N2O2.CH4.6HI.2V/c1-25(2,3)20(30-24(37)31-26(4,5)6)23(36)32-13-15-17(27(15,7)8)18(32)22(35)29-16(19(33)21(28)34)12-14-10-9-11-14;1-17(2,3)13(20-16(26)21-18(4,5)6)14(23)22-9-10-11(19(10,7)8)12(22)15(24)25;9-6(7(11)8(10)12)4-5-2-1-3-5;;;;;;;;;/h14-18,20H,9-13H2,1-8H3,(H2,28,34)(H,29,35)(H2,30,31,37);10-13H,9H2,1-8H3,(H,24,25)(H2,20,21,26);5-6H,1-4,9H2,(H2,10,12);1H4;6*1H;;/q;;;;;;;;;;+2;+3/p-5/t15?,16?,17-,18-,20+;10?,11-,12-,13+;;;;;;;;;;/m00........../s1. The van der Waals surface area contributed by atoms with Crippen LogP contribution in [0.5, 0.6) is 0 Å². The Morgan fingerprint density at radius 3 is 1.21 bits per heavy atom. The zero-order chi connectivity index (χ0) is 63.7. The van der Waals surface area contributed by atoms with Crippen LogP contribution in [0.2, 0.25) is 0 Å². The van der Waals surface area contributed by atoms with Crippen LogP contribution in [0.4, 0.5) is 9.59 Å². The van der Waals surface area contributed by atoms with Gasteiger partial charge in [0, 0.05) is 30.1 Å². The average molecular weight is 1940 g/mol. The summed E-state index contributed by atoms with van der Waals surface area (Å²) in [6.45, 7) is 31.4. The summed E-state index contributed by atoms with van der Waals surface area (Å²) in [6.07, 6.45) is 7.39. The van der Waals surface area contributed by atoms with Gasteiger partial charge in [0.15, 0.2) is 0 Å². The predicted molar refractivity (Wildman–Crippen MR) is 374 cm³/mol. The topological polar surface area (TPSA) is 336 Å². The van der Waals surface area contributed by atoms with E-state index in [0.29, 0.717) is 41.3 Å². The van der Waals surface area contributed by atoms with Gasteiger partial charge in [-0.1, -0.05) is 115 Å². The number of Topliss-reactive ketones (excluding diaryl/α,β-unsaturated/α-hetero) is 2. The number of hydrogen-bond acceptors (Lipinski definition) is 11. The number of piperidine rings is 2. The van der Waals surface area contributed by atoms with Crippen LogP contribution >= 0.6 is 124 Å². The van der Waals surface area contributed by atoms with Gasteiger partial charge in [0.1, 0.15) is 24.2 Å². The third-order valence-corrected chi connectivity index (χ3v) is 16.3. The summed E-state index contributed by atoms with van der Waals surface area (Å²) in [7, 11) is 0.628. The molecule has 4 unspecified atom stereocenters. The van der Waals surface area contributed by atoms with E-state index >= 15 is 0 Å². The van der Waals surface area contributed by atoms with Gasteiger partial charge >= 0.3 is 132 Å². The van der Waals surface area contributed by atoms with Crippen LogP contribution in [0.1, 0.15) is 170 Å². The van der Waals surface area contributed by atoms with Gasteiger partial charge in [-0.3, -0.25) is 33.6 Å². The number of carboxylic acids is 1. The van der Waals surface area contributed by atoms with Crippen molar-refractivity contribution in [2.24, 2.45) is 74.4 Å². The zero-order valence-corrected chi connectivity index (χ0v) is 66.8.